The van der Waals surface area contributed by atoms with E-state index in [0.29, 0.717) is 12.6 Å². The Labute approximate surface area is 111 Å². The number of benzene rings is 1. The van der Waals surface area contributed by atoms with Crippen LogP contribution in [0.25, 0.3) is 0 Å². The fourth-order valence-electron chi connectivity index (χ4n) is 1.49. The molecule has 1 aromatic carbocycles. The van der Waals surface area contributed by atoms with Gasteiger partial charge in [-0.05, 0) is 11.6 Å². The molecule has 0 saturated carbocycles. The molecule has 106 valence electrons. The predicted molar refractivity (Wildman–Crippen MR) is 71.2 cm³/mol. The number of nitro groups is 1. The molecule has 0 heterocycles. The summed E-state index contributed by atoms with van der Waals surface area (Å²) in [5.41, 5.74) is 0.807. The maximum atomic E-state index is 12.0. The smallest absolute Gasteiger partial charge is 0.310 e. The summed E-state index contributed by atoms with van der Waals surface area (Å²) in [7, 11) is 0. The van der Waals surface area contributed by atoms with Crippen molar-refractivity contribution < 1.29 is 14.1 Å². The van der Waals surface area contributed by atoms with Crippen LogP contribution in [0.1, 0.15) is 25.8 Å². The highest BCUT2D eigenvalue weighted by Crippen LogP contribution is 2.28. The van der Waals surface area contributed by atoms with E-state index < -0.39 is 11.6 Å². The van der Waals surface area contributed by atoms with Crippen LogP contribution in [-0.2, 0) is 6.54 Å². The number of alkyl halides is 1. The van der Waals surface area contributed by atoms with Crippen LogP contribution in [0.4, 0.5) is 10.1 Å². The molecule has 1 aromatic rings. The highest BCUT2D eigenvalue weighted by atomic mass is 19.1. The van der Waals surface area contributed by atoms with E-state index in [-0.39, 0.29) is 24.5 Å². The van der Waals surface area contributed by atoms with Gasteiger partial charge in [0.2, 0.25) is 0 Å². The number of nitrogens with one attached hydrogen (secondary N) is 1. The first-order valence-electron chi connectivity index (χ1n) is 6.24. The van der Waals surface area contributed by atoms with Crippen LogP contribution in [-0.4, -0.2) is 24.2 Å². The first-order chi connectivity index (χ1) is 9.04. The highest BCUT2D eigenvalue weighted by molar-refractivity contribution is 5.48. The molecule has 0 radical (unpaired) electrons. The van der Waals surface area contributed by atoms with E-state index in [1.807, 2.05) is 13.8 Å². The predicted octanol–water partition coefficient (Wildman–Crippen LogP) is 2.83. The Morgan fingerprint density at radius 3 is 2.79 bits per heavy atom. The maximum Gasteiger partial charge on any atom is 0.310 e. The van der Waals surface area contributed by atoms with E-state index in [4.69, 9.17) is 4.74 Å². The molecule has 1 rings (SSSR count). The van der Waals surface area contributed by atoms with Crippen molar-refractivity contribution in [2.45, 2.75) is 32.9 Å². The SMILES string of the molecule is CC(C)NCc1ccc([N+](=O)[O-])c(OCCCF)c1. The number of halogens is 1. The summed E-state index contributed by atoms with van der Waals surface area (Å²) in [5, 5.41) is 14.1. The zero-order valence-corrected chi connectivity index (χ0v) is 11.2. The number of nitro benzene ring substituents is 1. The van der Waals surface area contributed by atoms with Crippen LogP contribution in [0.5, 0.6) is 5.75 Å². The van der Waals surface area contributed by atoms with E-state index in [2.05, 4.69) is 5.32 Å². The van der Waals surface area contributed by atoms with Gasteiger partial charge in [0.15, 0.2) is 5.75 Å². The molecule has 0 aromatic heterocycles. The van der Waals surface area contributed by atoms with Crippen molar-refractivity contribution in [2.24, 2.45) is 0 Å². The topological polar surface area (TPSA) is 64.4 Å². The van der Waals surface area contributed by atoms with Crippen molar-refractivity contribution in [1.29, 1.82) is 0 Å². The first-order valence-corrected chi connectivity index (χ1v) is 6.24. The number of hydrogen-bond donors (Lipinski definition) is 1. The zero-order chi connectivity index (χ0) is 14.3. The molecular formula is C13H19FN2O3. The highest BCUT2D eigenvalue weighted by Gasteiger charge is 2.15. The summed E-state index contributed by atoms with van der Waals surface area (Å²) in [5.74, 6) is 0.196. The lowest BCUT2D eigenvalue weighted by Gasteiger charge is -2.10. The van der Waals surface area contributed by atoms with Gasteiger partial charge in [-0.1, -0.05) is 19.9 Å². The van der Waals surface area contributed by atoms with E-state index in [1.54, 1.807) is 12.1 Å². The van der Waals surface area contributed by atoms with Gasteiger partial charge in [-0.25, -0.2) is 0 Å². The van der Waals surface area contributed by atoms with Gasteiger partial charge in [0.25, 0.3) is 0 Å². The van der Waals surface area contributed by atoms with Crippen molar-refractivity contribution in [1.82, 2.24) is 5.32 Å². The summed E-state index contributed by atoms with van der Waals surface area (Å²) >= 11 is 0. The van der Waals surface area contributed by atoms with E-state index >= 15 is 0 Å². The average molecular weight is 270 g/mol. The Balaban J connectivity index is 2.81. The molecule has 0 aliphatic carbocycles. The van der Waals surface area contributed by atoms with E-state index in [0.717, 1.165) is 5.56 Å². The fourth-order valence-corrected chi connectivity index (χ4v) is 1.49. The zero-order valence-electron chi connectivity index (χ0n) is 11.2. The standard InChI is InChI=1S/C13H19FN2O3/c1-10(2)15-9-11-4-5-12(16(17)18)13(8-11)19-7-3-6-14/h4-5,8,10,15H,3,6-7,9H2,1-2H3. The molecule has 19 heavy (non-hydrogen) atoms. The monoisotopic (exact) mass is 270 g/mol. The lowest BCUT2D eigenvalue weighted by Crippen LogP contribution is -2.21. The average Bonchev–Trinajstić information content (AvgIpc) is 2.36. The van der Waals surface area contributed by atoms with Crippen molar-refractivity contribution in [3.05, 3.63) is 33.9 Å². The molecule has 0 bridgehead atoms. The second-order valence-electron chi connectivity index (χ2n) is 4.49. The lowest BCUT2D eigenvalue weighted by molar-refractivity contribution is -0.385. The summed E-state index contributed by atoms with van der Waals surface area (Å²) in [6.07, 6.45) is 0.228. The summed E-state index contributed by atoms with van der Waals surface area (Å²) < 4.78 is 17.3. The minimum atomic E-state index is -0.498. The summed E-state index contributed by atoms with van der Waals surface area (Å²) in [4.78, 5) is 10.4. The van der Waals surface area contributed by atoms with E-state index in [9.17, 15) is 14.5 Å². The van der Waals surface area contributed by atoms with Gasteiger partial charge in [-0.15, -0.1) is 0 Å². The Bertz CT molecular complexity index is 424. The quantitative estimate of drug-likeness (QED) is 0.448. The van der Waals surface area contributed by atoms with Gasteiger partial charge in [0, 0.05) is 25.1 Å². The van der Waals surface area contributed by atoms with Crippen molar-refractivity contribution >= 4 is 5.69 Å². The Hall–Kier alpha value is -1.69. The molecule has 0 fully saturated rings. The molecule has 6 heteroatoms. The van der Waals surface area contributed by atoms with Crippen LogP contribution >= 0.6 is 0 Å². The van der Waals surface area contributed by atoms with E-state index in [1.165, 1.54) is 6.07 Å². The molecule has 5 nitrogen and oxygen atoms in total. The fraction of sp³-hybridized carbons (Fsp3) is 0.538. The van der Waals surface area contributed by atoms with Crippen LogP contribution in [0.15, 0.2) is 18.2 Å². The van der Waals surface area contributed by atoms with Gasteiger partial charge in [-0.2, -0.15) is 0 Å². The molecule has 0 saturated heterocycles. The normalized spacial score (nSPS) is 10.7. The number of rotatable bonds is 8. The maximum absolute atomic E-state index is 12.0. The lowest BCUT2D eigenvalue weighted by atomic mass is 10.2. The third-order valence-electron chi connectivity index (χ3n) is 2.47. The molecule has 0 atom stereocenters. The molecule has 0 spiro atoms. The molecule has 0 aliphatic heterocycles. The van der Waals surface area contributed by atoms with Crippen LogP contribution in [0.2, 0.25) is 0 Å². The Morgan fingerprint density at radius 2 is 2.21 bits per heavy atom. The second-order valence-corrected chi connectivity index (χ2v) is 4.49. The first kappa shape index (κ1) is 15.4. The summed E-state index contributed by atoms with van der Waals surface area (Å²) in [6.45, 7) is 4.28. The number of nitrogens with zero attached hydrogens (tertiary/aromatic N) is 1. The van der Waals surface area contributed by atoms with Crippen LogP contribution < -0.4 is 10.1 Å². The molecule has 0 aliphatic rings. The third-order valence-corrected chi connectivity index (χ3v) is 2.47. The molecular weight excluding hydrogens is 251 g/mol. The molecule has 0 unspecified atom stereocenters. The van der Waals surface area contributed by atoms with Crippen LogP contribution in [0, 0.1) is 10.1 Å². The number of hydrogen-bond acceptors (Lipinski definition) is 4. The minimum absolute atomic E-state index is 0.0906. The Kier molecular flexibility index (Phi) is 6.21. The van der Waals surface area contributed by atoms with Gasteiger partial charge >= 0.3 is 5.69 Å². The summed E-state index contributed by atoms with van der Waals surface area (Å²) in [6, 6.07) is 5.06. The molecule has 0 amide bonds. The number of ether oxygens (including phenoxy) is 1. The largest absolute Gasteiger partial charge is 0.487 e. The van der Waals surface area contributed by atoms with Gasteiger partial charge in [0.05, 0.1) is 18.2 Å². The van der Waals surface area contributed by atoms with Crippen molar-refractivity contribution in [3.8, 4) is 5.75 Å². The van der Waals surface area contributed by atoms with Crippen LogP contribution in [0.3, 0.4) is 0 Å². The van der Waals surface area contributed by atoms with Crippen molar-refractivity contribution in [3.63, 3.8) is 0 Å². The Morgan fingerprint density at radius 1 is 1.47 bits per heavy atom. The van der Waals surface area contributed by atoms with Gasteiger partial charge < -0.3 is 10.1 Å². The van der Waals surface area contributed by atoms with Gasteiger partial charge in [0.1, 0.15) is 0 Å². The minimum Gasteiger partial charge on any atom is -0.487 e. The van der Waals surface area contributed by atoms with Gasteiger partial charge in [-0.3, -0.25) is 14.5 Å². The molecule has 1 N–H and O–H groups in total. The third kappa shape index (κ3) is 5.21. The van der Waals surface area contributed by atoms with Crippen molar-refractivity contribution in [2.75, 3.05) is 13.3 Å². The second kappa shape index (κ2) is 7.68.